The van der Waals surface area contributed by atoms with Crippen LogP contribution in [0.1, 0.15) is 120 Å². The summed E-state index contributed by atoms with van der Waals surface area (Å²) >= 11 is 14.4. The molecule has 2 aromatic rings. The first-order valence-electron chi connectivity index (χ1n) is 14.1. The van der Waals surface area contributed by atoms with Gasteiger partial charge in [-0.2, -0.15) is 0 Å². The summed E-state index contributed by atoms with van der Waals surface area (Å²) in [4.78, 5) is 58.6. The lowest BCUT2D eigenvalue weighted by molar-refractivity contribution is 0.0557. The van der Waals surface area contributed by atoms with Crippen molar-refractivity contribution in [3.8, 4) is 0 Å². The fraction of sp³-hybridized carbons (Fsp3) is 0.533. The van der Waals surface area contributed by atoms with Crippen LogP contribution in [0.25, 0.3) is 10.8 Å². The van der Waals surface area contributed by atoms with Crippen LogP contribution in [-0.2, 0) is 0 Å². The highest BCUT2D eigenvalue weighted by atomic mass is 79.9. The molecule has 2 aromatic carbocycles. The number of unbranched alkanes of at least 4 members (excludes halogenated alkanes) is 2. The molecule has 0 bridgehead atoms. The SMILES string of the molecule is CCCCC(CC)CN1C(=O)c2c(Br)c(Br)c3c4c(c(Br)c(Br)c(c24)C1=O)C(=O)N(CC(CC)CCCC)C3=O. The Morgan fingerprint density at radius 3 is 1.02 bits per heavy atom. The molecule has 0 aromatic heterocycles. The fourth-order valence-electron chi connectivity index (χ4n) is 5.84. The smallest absolute Gasteiger partial charge is 0.262 e. The molecule has 0 spiro atoms. The molecule has 2 aliphatic heterocycles. The van der Waals surface area contributed by atoms with Crippen LogP contribution < -0.4 is 0 Å². The highest BCUT2D eigenvalue weighted by Crippen LogP contribution is 2.50. The van der Waals surface area contributed by atoms with Crippen LogP contribution in [0.15, 0.2) is 17.9 Å². The number of rotatable bonds is 12. The maximum atomic E-state index is 14.0. The van der Waals surface area contributed by atoms with Crippen molar-refractivity contribution in [1.82, 2.24) is 9.80 Å². The van der Waals surface area contributed by atoms with Gasteiger partial charge in [0.2, 0.25) is 0 Å². The second kappa shape index (κ2) is 13.0. The van der Waals surface area contributed by atoms with Gasteiger partial charge in [0.05, 0.1) is 22.3 Å². The van der Waals surface area contributed by atoms with E-state index in [2.05, 4.69) is 91.4 Å². The van der Waals surface area contributed by atoms with E-state index in [-0.39, 0.29) is 11.8 Å². The van der Waals surface area contributed by atoms with Gasteiger partial charge in [-0.05, 0) is 88.4 Å². The topological polar surface area (TPSA) is 74.8 Å². The van der Waals surface area contributed by atoms with Crippen LogP contribution in [0.4, 0.5) is 0 Å². The Labute approximate surface area is 269 Å². The molecule has 4 rings (SSSR count). The number of imide groups is 2. The molecule has 0 aliphatic carbocycles. The molecular formula is C30H34Br4N2O4. The van der Waals surface area contributed by atoms with Crippen molar-refractivity contribution >= 4 is 98.1 Å². The molecule has 2 atom stereocenters. The van der Waals surface area contributed by atoms with Crippen LogP contribution >= 0.6 is 63.7 Å². The summed E-state index contributed by atoms with van der Waals surface area (Å²) in [5.74, 6) is -1.30. The average molecular weight is 806 g/mol. The number of halogens is 4. The second-order valence-corrected chi connectivity index (χ2v) is 14.0. The van der Waals surface area contributed by atoms with Crippen molar-refractivity contribution < 1.29 is 19.2 Å². The monoisotopic (exact) mass is 802 g/mol. The van der Waals surface area contributed by atoms with Crippen LogP contribution in [-0.4, -0.2) is 46.5 Å². The van der Waals surface area contributed by atoms with Gasteiger partial charge in [-0.3, -0.25) is 29.0 Å². The number of carbonyl (C=O) groups excluding carboxylic acids is 4. The molecule has 6 nitrogen and oxygen atoms in total. The Morgan fingerprint density at radius 2 is 0.800 bits per heavy atom. The molecule has 10 heteroatoms. The summed E-state index contributed by atoms with van der Waals surface area (Å²) < 4.78 is 1.67. The van der Waals surface area contributed by atoms with Crippen molar-refractivity contribution in [2.75, 3.05) is 13.1 Å². The Hall–Kier alpha value is -1.10. The lowest BCUT2D eigenvalue weighted by Gasteiger charge is -2.36. The average Bonchev–Trinajstić information content (AvgIpc) is 2.93. The van der Waals surface area contributed by atoms with E-state index in [0.717, 1.165) is 51.4 Å². The summed E-state index contributed by atoms with van der Waals surface area (Å²) in [5, 5.41) is 0.699. The quantitative estimate of drug-likeness (QED) is 0.201. The van der Waals surface area contributed by atoms with E-state index in [9.17, 15) is 19.2 Å². The van der Waals surface area contributed by atoms with E-state index < -0.39 is 23.6 Å². The summed E-state index contributed by atoms with van der Waals surface area (Å²) in [5.41, 5.74) is 1.18. The molecule has 0 saturated carbocycles. The van der Waals surface area contributed by atoms with Crippen LogP contribution in [0.5, 0.6) is 0 Å². The van der Waals surface area contributed by atoms with E-state index in [1.54, 1.807) is 0 Å². The number of carbonyl (C=O) groups is 4. The molecule has 2 heterocycles. The van der Waals surface area contributed by atoms with Crippen LogP contribution in [0.2, 0.25) is 0 Å². The van der Waals surface area contributed by atoms with Crippen molar-refractivity contribution in [2.24, 2.45) is 11.8 Å². The minimum Gasteiger partial charge on any atom is -0.274 e. The van der Waals surface area contributed by atoms with Gasteiger partial charge in [-0.25, -0.2) is 0 Å². The maximum Gasteiger partial charge on any atom is 0.262 e. The number of benzene rings is 2. The highest BCUT2D eigenvalue weighted by Gasteiger charge is 2.45. The predicted molar refractivity (Wildman–Crippen MR) is 172 cm³/mol. The molecular weight excluding hydrogens is 772 g/mol. The van der Waals surface area contributed by atoms with E-state index >= 15 is 0 Å². The van der Waals surface area contributed by atoms with Crippen LogP contribution in [0.3, 0.4) is 0 Å². The molecule has 0 radical (unpaired) electrons. The van der Waals surface area contributed by atoms with Crippen molar-refractivity contribution in [3.63, 3.8) is 0 Å². The van der Waals surface area contributed by atoms with Gasteiger partial charge in [-0.15, -0.1) is 0 Å². The normalized spacial score (nSPS) is 16.4. The van der Waals surface area contributed by atoms with Gasteiger partial charge in [0, 0.05) is 41.8 Å². The van der Waals surface area contributed by atoms with E-state index in [0.29, 0.717) is 64.0 Å². The number of nitrogens with zero attached hydrogens (tertiary/aromatic N) is 2. The third-order valence-corrected chi connectivity index (χ3v) is 12.6. The molecule has 4 amide bonds. The summed E-state index contributed by atoms with van der Waals surface area (Å²) in [6.45, 7) is 9.03. The van der Waals surface area contributed by atoms with E-state index in [4.69, 9.17) is 0 Å². The van der Waals surface area contributed by atoms with Gasteiger partial charge in [-0.1, -0.05) is 66.2 Å². The van der Waals surface area contributed by atoms with Gasteiger partial charge < -0.3 is 0 Å². The minimum absolute atomic E-state index is 0.183. The van der Waals surface area contributed by atoms with E-state index in [1.165, 1.54) is 9.80 Å². The molecule has 216 valence electrons. The Balaban J connectivity index is 1.93. The predicted octanol–water partition coefficient (Wildman–Crippen LogP) is 9.51. The van der Waals surface area contributed by atoms with Crippen molar-refractivity contribution in [1.29, 1.82) is 0 Å². The maximum absolute atomic E-state index is 14.0. The largest absolute Gasteiger partial charge is 0.274 e. The number of hydrogen-bond donors (Lipinski definition) is 0. The molecule has 2 unspecified atom stereocenters. The van der Waals surface area contributed by atoms with Crippen molar-refractivity contribution in [3.05, 3.63) is 40.1 Å². The first-order chi connectivity index (χ1) is 19.0. The highest BCUT2D eigenvalue weighted by molar-refractivity contribution is 9.13. The Morgan fingerprint density at radius 1 is 0.525 bits per heavy atom. The zero-order chi connectivity index (χ0) is 29.5. The zero-order valence-electron chi connectivity index (χ0n) is 23.3. The summed E-state index contributed by atoms with van der Waals surface area (Å²) in [6, 6.07) is 0. The fourth-order valence-corrected chi connectivity index (χ4v) is 8.10. The Kier molecular flexibility index (Phi) is 10.4. The third-order valence-electron chi connectivity index (χ3n) is 8.32. The minimum atomic E-state index is -0.417. The number of hydrogen-bond acceptors (Lipinski definition) is 4. The molecule has 0 fully saturated rings. The van der Waals surface area contributed by atoms with Crippen LogP contribution in [0, 0.1) is 11.8 Å². The second-order valence-electron chi connectivity index (χ2n) is 10.8. The first kappa shape index (κ1) is 31.8. The molecule has 40 heavy (non-hydrogen) atoms. The molecule has 2 aliphatic rings. The summed E-state index contributed by atoms with van der Waals surface area (Å²) in [6.07, 6.45) is 7.68. The summed E-state index contributed by atoms with van der Waals surface area (Å²) in [7, 11) is 0. The van der Waals surface area contributed by atoms with E-state index in [1.807, 2.05) is 0 Å². The lowest BCUT2D eigenvalue weighted by atomic mass is 9.85. The zero-order valence-corrected chi connectivity index (χ0v) is 29.6. The van der Waals surface area contributed by atoms with Gasteiger partial charge in [0.25, 0.3) is 23.6 Å². The third kappa shape index (κ3) is 5.28. The van der Waals surface area contributed by atoms with Gasteiger partial charge in [0.1, 0.15) is 0 Å². The molecule has 0 N–H and O–H groups in total. The number of amides is 4. The van der Waals surface area contributed by atoms with Gasteiger partial charge in [0.15, 0.2) is 0 Å². The Bertz CT molecular complexity index is 1220. The van der Waals surface area contributed by atoms with Crippen molar-refractivity contribution in [2.45, 2.75) is 79.1 Å². The lowest BCUT2D eigenvalue weighted by Crippen LogP contribution is -2.46. The molecule has 0 saturated heterocycles. The first-order valence-corrected chi connectivity index (χ1v) is 17.3. The van der Waals surface area contributed by atoms with Gasteiger partial charge >= 0.3 is 0 Å². The standard InChI is InChI=1S/C30H34Br4N2O4/c1-5-9-11-15(7-3)13-35-27(37)19-17-18-21(25(33)23(19)31)29(39)36(14-16(8-4)12-10-6-2)30(40)22(18)26(34)24(32)20(17)28(35)38/h15-16H,5-14H2,1-4H3.